The first-order valence-electron chi connectivity index (χ1n) is 11.0. The molecule has 1 aliphatic rings. The van der Waals surface area contributed by atoms with Crippen LogP contribution in [0.5, 0.6) is 0 Å². The van der Waals surface area contributed by atoms with Crippen LogP contribution in [-0.2, 0) is 6.18 Å². The van der Waals surface area contributed by atoms with E-state index < -0.39 is 11.7 Å². The Hall–Kier alpha value is -3.73. The number of amides is 1. The van der Waals surface area contributed by atoms with Gasteiger partial charge in [0.15, 0.2) is 0 Å². The van der Waals surface area contributed by atoms with Gasteiger partial charge >= 0.3 is 6.18 Å². The standard InChI is InChI=1S/C24H21F3N6OS/c25-24(26,27)18-7-8-21(28-14-18)31-9-4-10-32(12-11-31)23(34)20-16-35-22(30-20)17-13-29-33(15-17)19-5-2-1-3-6-19/h1-3,5-8,13-16H,4,9-12H2. The number of carbonyl (C=O) groups excluding carboxylic acids is 1. The number of nitrogens with zero attached hydrogens (tertiary/aromatic N) is 6. The Balaban J connectivity index is 1.24. The lowest BCUT2D eigenvalue weighted by atomic mass is 10.2. The highest BCUT2D eigenvalue weighted by atomic mass is 32.1. The molecular weight excluding hydrogens is 477 g/mol. The van der Waals surface area contributed by atoms with Gasteiger partial charge in [0.2, 0.25) is 0 Å². The Morgan fingerprint density at radius 2 is 1.80 bits per heavy atom. The van der Waals surface area contributed by atoms with E-state index >= 15 is 0 Å². The molecule has 0 radical (unpaired) electrons. The van der Waals surface area contributed by atoms with E-state index in [1.54, 1.807) is 21.2 Å². The fourth-order valence-corrected chi connectivity index (χ4v) is 4.68. The fourth-order valence-electron chi connectivity index (χ4n) is 3.91. The summed E-state index contributed by atoms with van der Waals surface area (Å²) in [5.74, 6) is 0.309. The third kappa shape index (κ3) is 5.04. The zero-order valence-corrected chi connectivity index (χ0v) is 19.3. The van der Waals surface area contributed by atoms with Crippen molar-refractivity contribution in [3.8, 4) is 16.3 Å². The Morgan fingerprint density at radius 1 is 0.971 bits per heavy atom. The van der Waals surface area contributed by atoms with Crippen molar-refractivity contribution in [1.29, 1.82) is 0 Å². The highest BCUT2D eigenvalue weighted by Crippen LogP contribution is 2.30. The van der Waals surface area contributed by atoms with Gasteiger partial charge in [-0.3, -0.25) is 4.79 Å². The van der Waals surface area contributed by atoms with Crippen molar-refractivity contribution in [2.45, 2.75) is 12.6 Å². The van der Waals surface area contributed by atoms with Crippen LogP contribution in [0, 0.1) is 0 Å². The van der Waals surface area contributed by atoms with Crippen LogP contribution in [0.1, 0.15) is 22.5 Å². The predicted octanol–water partition coefficient (Wildman–Crippen LogP) is 4.76. The van der Waals surface area contributed by atoms with E-state index in [4.69, 9.17) is 0 Å². The minimum Gasteiger partial charge on any atom is -0.355 e. The molecule has 7 nitrogen and oxygen atoms in total. The first-order chi connectivity index (χ1) is 16.9. The Kier molecular flexibility index (Phi) is 6.25. The highest BCUT2D eigenvalue weighted by Gasteiger charge is 2.31. The van der Waals surface area contributed by atoms with Gasteiger partial charge in [-0.15, -0.1) is 11.3 Å². The summed E-state index contributed by atoms with van der Waals surface area (Å²) < 4.78 is 40.2. The minimum atomic E-state index is -4.42. The number of aromatic nitrogens is 4. The number of anilines is 1. The van der Waals surface area contributed by atoms with Gasteiger partial charge in [0.05, 0.1) is 17.4 Å². The molecule has 35 heavy (non-hydrogen) atoms. The number of halogens is 3. The molecule has 1 saturated heterocycles. The van der Waals surface area contributed by atoms with Crippen LogP contribution < -0.4 is 4.90 Å². The lowest BCUT2D eigenvalue weighted by Crippen LogP contribution is -2.35. The lowest BCUT2D eigenvalue weighted by molar-refractivity contribution is -0.137. The van der Waals surface area contributed by atoms with Gasteiger partial charge in [-0.1, -0.05) is 18.2 Å². The number of hydrogen-bond donors (Lipinski definition) is 0. The van der Waals surface area contributed by atoms with Crippen molar-refractivity contribution < 1.29 is 18.0 Å². The zero-order chi connectivity index (χ0) is 24.4. The quantitative estimate of drug-likeness (QED) is 0.406. The smallest absolute Gasteiger partial charge is 0.355 e. The average molecular weight is 499 g/mol. The number of thiazole rings is 1. The summed E-state index contributed by atoms with van der Waals surface area (Å²) in [5.41, 5.74) is 1.36. The predicted molar refractivity (Wildman–Crippen MR) is 127 cm³/mol. The summed E-state index contributed by atoms with van der Waals surface area (Å²) in [7, 11) is 0. The van der Waals surface area contributed by atoms with Crippen LogP contribution in [0.3, 0.4) is 0 Å². The van der Waals surface area contributed by atoms with E-state index in [1.165, 1.54) is 17.4 Å². The van der Waals surface area contributed by atoms with Gasteiger partial charge in [-0.05, 0) is 30.7 Å². The van der Waals surface area contributed by atoms with Crippen molar-refractivity contribution in [1.82, 2.24) is 24.6 Å². The maximum absolute atomic E-state index is 13.1. The number of hydrogen-bond acceptors (Lipinski definition) is 6. The molecule has 1 fully saturated rings. The molecule has 0 atom stereocenters. The van der Waals surface area contributed by atoms with Crippen LogP contribution in [-0.4, -0.2) is 56.7 Å². The van der Waals surface area contributed by atoms with Crippen molar-refractivity contribution in [3.05, 3.63) is 77.7 Å². The molecule has 180 valence electrons. The maximum Gasteiger partial charge on any atom is 0.417 e. The molecule has 4 heterocycles. The second-order valence-corrected chi connectivity index (χ2v) is 8.94. The molecule has 11 heteroatoms. The Labute approximate surface area is 203 Å². The monoisotopic (exact) mass is 498 g/mol. The van der Waals surface area contributed by atoms with Crippen molar-refractivity contribution in [3.63, 3.8) is 0 Å². The van der Waals surface area contributed by atoms with E-state index in [9.17, 15) is 18.0 Å². The summed E-state index contributed by atoms with van der Waals surface area (Å²) in [6.07, 6.45) is 0.708. The van der Waals surface area contributed by atoms with E-state index in [-0.39, 0.29) is 5.91 Å². The molecule has 0 aliphatic carbocycles. The van der Waals surface area contributed by atoms with E-state index in [2.05, 4.69) is 15.1 Å². The van der Waals surface area contributed by atoms with E-state index in [1.807, 2.05) is 41.4 Å². The van der Waals surface area contributed by atoms with Crippen LogP contribution >= 0.6 is 11.3 Å². The number of carbonyl (C=O) groups is 1. The molecule has 5 rings (SSSR count). The van der Waals surface area contributed by atoms with Crippen LogP contribution in [0.2, 0.25) is 0 Å². The third-order valence-corrected chi connectivity index (χ3v) is 6.65. The highest BCUT2D eigenvalue weighted by molar-refractivity contribution is 7.13. The van der Waals surface area contributed by atoms with Gasteiger partial charge in [0.1, 0.15) is 16.5 Å². The largest absolute Gasteiger partial charge is 0.417 e. The molecule has 0 N–H and O–H groups in total. The Bertz CT molecular complexity index is 1300. The summed E-state index contributed by atoms with van der Waals surface area (Å²) in [4.78, 5) is 25.3. The number of alkyl halides is 3. The molecule has 0 saturated carbocycles. The zero-order valence-electron chi connectivity index (χ0n) is 18.5. The van der Waals surface area contributed by atoms with Gasteiger partial charge in [-0.2, -0.15) is 18.3 Å². The van der Waals surface area contributed by atoms with Crippen molar-refractivity contribution >= 4 is 23.1 Å². The average Bonchev–Trinajstić information content (AvgIpc) is 3.49. The SMILES string of the molecule is O=C(c1csc(-c2cnn(-c3ccccc3)c2)n1)N1CCCN(c2ccc(C(F)(F)F)cn2)CC1. The van der Waals surface area contributed by atoms with Crippen molar-refractivity contribution in [2.75, 3.05) is 31.1 Å². The van der Waals surface area contributed by atoms with Crippen LogP contribution in [0.4, 0.5) is 19.0 Å². The molecule has 0 unspecified atom stereocenters. The summed E-state index contributed by atoms with van der Waals surface area (Å²) in [5, 5.41) is 6.85. The molecule has 0 bridgehead atoms. The second kappa shape index (κ2) is 9.49. The van der Waals surface area contributed by atoms with E-state index in [0.717, 1.165) is 23.5 Å². The molecule has 3 aromatic heterocycles. The maximum atomic E-state index is 13.1. The first-order valence-corrected chi connectivity index (χ1v) is 11.9. The third-order valence-electron chi connectivity index (χ3n) is 5.76. The van der Waals surface area contributed by atoms with Crippen LogP contribution in [0.25, 0.3) is 16.3 Å². The number of para-hydroxylation sites is 1. The van der Waals surface area contributed by atoms with Crippen LogP contribution in [0.15, 0.2) is 66.4 Å². The molecule has 1 amide bonds. The molecule has 1 aliphatic heterocycles. The topological polar surface area (TPSA) is 67.2 Å². The molecule has 4 aromatic rings. The summed E-state index contributed by atoms with van der Waals surface area (Å²) in [6.45, 7) is 2.04. The van der Waals surface area contributed by atoms with E-state index in [0.29, 0.717) is 49.1 Å². The summed E-state index contributed by atoms with van der Waals surface area (Å²) in [6, 6.07) is 12.1. The minimum absolute atomic E-state index is 0.162. The number of rotatable bonds is 4. The fraction of sp³-hybridized carbons (Fsp3) is 0.250. The normalized spacial score (nSPS) is 14.7. The number of pyridine rings is 1. The van der Waals surface area contributed by atoms with Gasteiger partial charge < -0.3 is 9.80 Å². The van der Waals surface area contributed by atoms with Gasteiger partial charge in [0.25, 0.3) is 5.91 Å². The number of benzene rings is 1. The Morgan fingerprint density at radius 3 is 2.54 bits per heavy atom. The lowest BCUT2D eigenvalue weighted by Gasteiger charge is -2.22. The second-order valence-electron chi connectivity index (χ2n) is 8.08. The molecule has 1 aromatic carbocycles. The van der Waals surface area contributed by atoms with Crippen molar-refractivity contribution in [2.24, 2.45) is 0 Å². The first kappa shape index (κ1) is 23.0. The summed E-state index contributed by atoms with van der Waals surface area (Å²) >= 11 is 1.39. The molecular formula is C24H21F3N6OS. The van der Waals surface area contributed by atoms with Gasteiger partial charge in [0, 0.05) is 49.5 Å². The molecule has 0 spiro atoms. The van der Waals surface area contributed by atoms with Gasteiger partial charge in [-0.25, -0.2) is 14.6 Å².